The Morgan fingerprint density at radius 3 is 2.47 bits per heavy atom. The minimum absolute atomic E-state index is 0.0169. The van der Waals surface area contributed by atoms with E-state index in [1.807, 2.05) is 31.4 Å². The molecule has 1 heterocycles. The van der Waals surface area contributed by atoms with Crippen LogP contribution in [-0.4, -0.2) is 17.0 Å². The maximum Gasteiger partial charge on any atom is 0.309 e. The molecular weight excluding hydrogens is 262 g/mol. The molecule has 5 heteroatoms. The summed E-state index contributed by atoms with van der Waals surface area (Å²) in [5.74, 6) is -0.921. The first-order chi connectivity index (χ1) is 8.74. The molecule has 1 rings (SSSR count). The minimum Gasteiger partial charge on any atom is -0.481 e. The summed E-state index contributed by atoms with van der Waals surface area (Å²) in [7, 11) is 0. The molecule has 1 unspecified atom stereocenters. The van der Waals surface area contributed by atoms with Crippen LogP contribution in [0.25, 0.3) is 0 Å². The number of carbonyl (C=O) groups is 2. The lowest BCUT2D eigenvalue weighted by atomic mass is 9.89. The molecule has 1 atom stereocenters. The van der Waals surface area contributed by atoms with E-state index in [9.17, 15) is 9.59 Å². The van der Waals surface area contributed by atoms with Gasteiger partial charge in [0.2, 0.25) is 5.91 Å². The Kier molecular flexibility index (Phi) is 5.11. The van der Waals surface area contributed by atoms with Gasteiger partial charge in [0, 0.05) is 11.3 Å². The largest absolute Gasteiger partial charge is 0.481 e. The molecule has 0 fully saturated rings. The summed E-state index contributed by atoms with van der Waals surface area (Å²) in [5, 5.41) is 13.9. The first-order valence-corrected chi connectivity index (χ1v) is 7.18. The van der Waals surface area contributed by atoms with Crippen LogP contribution < -0.4 is 5.32 Å². The monoisotopic (exact) mass is 283 g/mol. The van der Waals surface area contributed by atoms with Crippen molar-refractivity contribution in [2.24, 2.45) is 11.3 Å². The van der Waals surface area contributed by atoms with Crippen molar-refractivity contribution in [3.8, 4) is 0 Å². The van der Waals surface area contributed by atoms with Gasteiger partial charge < -0.3 is 10.4 Å². The summed E-state index contributed by atoms with van der Waals surface area (Å²) in [4.78, 5) is 24.1. The number of carbonyl (C=O) groups excluding carboxylic acids is 1. The van der Waals surface area contributed by atoms with Crippen molar-refractivity contribution >= 4 is 23.2 Å². The highest BCUT2D eigenvalue weighted by Gasteiger charge is 2.31. The molecule has 1 amide bonds. The Balaban J connectivity index is 2.71. The first kappa shape index (κ1) is 15.7. The molecule has 0 radical (unpaired) electrons. The molecule has 0 saturated heterocycles. The third-order valence-electron chi connectivity index (χ3n) is 3.01. The third kappa shape index (κ3) is 4.35. The fraction of sp³-hybridized carbons (Fsp3) is 0.571. The maximum absolute atomic E-state index is 12.0. The number of aliphatic carboxylic acids is 1. The van der Waals surface area contributed by atoms with Crippen LogP contribution in [0.4, 0.5) is 0 Å². The molecule has 0 aliphatic heterocycles. The number of rotatable bonds is 6. The van der Waals surface area contributed by atoms with Gasteiger partial charge in [0.1, 0.15) is 0 Å². The zero-order valence-corrected chi connectivity index (χ0v) is 12.6. The molecule has 19 heavy (non-hydrogen) atoms. The van der Waals surface area contributed by atoms with E-state index in [1.54, 1.807) is 25.2 Å². The van der Waals surface area contributed by atoms with Gasteiger partial charge >= 0.3 is 5.97 Å². The Hall–Kier alpha value is -1.36. The SMILES string of the molecule is CC(C)C(NC(=O)CC(C)(C)C(=O)O)c1cccs1. The van der Waals surface area contributed by atoms with Crippen LogP contribution in [0.1, 0.15) is 45.0 Å². The molecule has 106 valence electrons. The first-order valence-electron chi connectivity index (χ1n) is 6.30. The number of thiophene rings is 1. The summed E-state index contributed by atoms with van der Waals surface area (Å²) in [6, 6.07) is 3.87. The Labute approximate surface area is 117 Å². The van der Waals surface area contributed by atoms with Crippen LogP contribution in [-0.2, 0) is 9.59 Å². The lowest BCUT2D eigenvalue weighted by Gasteiger charge is -2.24. The van der Waals surface area contributed by atoms with Gasteiger partial charge in [-0.3, -0.25) is 9.59 Å². The highest BCUT2D eigenvalue weighted by Crippen LogP contribution is 2.27. The van der Waals surface area contributed by atoms with Gasteiger partial charge in [0.05, 0.1) is 11.5 Å². The summed E-state index contributed by atoms with van der Waals surface area (Å²) >= 11 is 1.59. The predicted molar refractivity (Wildman–Crippen MR) is 76.1 cm³/mol. The number of carboxylic acid groups (broad SMARTS) is 1. The minimum atomic E-state index is -1.04. The lowest BCUT2D eigenvalue weighted by Crippen LogP contribution is -2.36. The standard InChI is InChI=1S/C14H21NO3S/c1-9(2)12(10-6-5-7-19-10)15-11(16)8-14(3,4)13(17)18/h5-7,9,12H,8H2,1-4H3,(H,15,16)(H,17,18). The summed E-state index contributed by atoms with van der Waals surface area (Å²) < 4.78 is 0. The number of nitrogens with one attached hydrogen (secondary N) is 1. The van der Waals surface area contributed by atoms with Crippen molar-refractivity contribution in [3.63, 3.8) is 0 Å². The lowest BCUT2D eigenvalue weighted by molar-refractivity contribution is -0.149. The number of carboxylic acids is 1. The van der Waals surface area contributed by atoms with Crippen LogP contribution in [0.15, 0.2) is 17.5 Å². The number of hydrogen-bond acceptors (Lipinski definition) is 3. The summed E-state index contributed by atoms with van der Waals surface area (Å²) in [6.45, 7) is 7.19. The Morgan fingerprint density at radius 1 is 1.42 bits per heavy atom. The molecule has 0 aromatic carbocycles. The van der Waals surface area contributed by atoms with E-state index in [-0.39, 0.29) is 24.3 Å². The number of amides is 1. The van der Waals surface area contributed by atoms with Crippen molar-refractivity contribution in [3.05, 3.63) is 22.4 Å². The van der Waals surface area contributed by atoms with Gasteiger partial charge in [-0.1, -0.05) is 19.9 Å². The number of hydrogen-bond donors (Lipinski definition) is 2. The molecule has 1 aromatic rings. The van der Waals surface area contributed by atoms with E-state index in [0.717, 1.165) is 4.88 Å². The van der Waals surface area contributed by atoms with Crippen molar-refractivity contribution in [1.82, 2.24) is 5.32 Å². The molecule has 4 nitrogen and oxygen atoms in total. The average Bonchev–Trinajstić information content (AvgIpc) is 2.77. The van der Waals surface area contributed by atoms with Crippen LogP contribution in [0.2, 0.25) is 0 Å². The quantitative estimate of drug-likeness (QED) is 0.843. The third-order valence-corrected chi connectivity index (χ3v) is 3.97. The normalized spacial score (nSPS) is 13.3. The molecule has 1 aromatic heterocycles. The summed E-state index contributed by atoms with van der Waals surface area (Å²) in [6.07, 6.45) is -0.0169. The van der Waals surface area contributed by atoms with E-state index in [2.05, 4.69) is 5.32 Å². The Bertz CT molecular complexity index is 438. The van der Waals surface area contributed by atoms with E-state index in [1.165, 1.54) is 0 Å². The van der Waals surface area contributed by atoms with Gasteiger partial charge in [-0.2, -0.15) is 0 Å². The van der Waals surface area contributed by atoms with E-state index < -0.39 is 11.4 Å². The highest BCUT2D eigenvalue weighted by molar-refractivity contribution is 7.10. The summed E-state index contributed by atoms with van der Waals surface area (Å²) in [5.41, 5.74) is -1.04. The van der Waals surface area contributed by atoms with Crippen LogP contribution in [0.5, 0.6) is 0 Å². The van der Waals surface area contributed by atoms with Crippen molar-refractivity contribution in [1.29, 1.82) is 0 Å². The van der Waals surface area contributed by atoms with Gasteiger partial charge in [0.25, 0.3) is 0 Å². The second-order valence-electron chi connectivity index (χ2n) is 5.67. The van der Waals surface area contributed by atoms with Crippen molar-refractivity contribution < 1.29 is 14.7 Å². The zero-order valence-electron chi connectivity index (χ0n) is 11.8. The molecule has 0 saturated carbocycles. The fourth-order valence-corrected chi connectivity index (χ4v) is 2.69. The smallest absolute Gasteiger partial charge is 0.309 e. The van der Waals surface area contributed by atoms with Gasteiger partial charge in [0.15, 0.2) is 0 Å². The molecule has 0 aliphatic carbocycles. The Morgan fingerprint density at radius 2 is 2.05 bits per heavy atom. The van der Waals surface area contributed by atoms with Crippen LogP contribution in [0.3, 0.4) is 0 Å². The van der Waals surface area contributed by atoms with Gasteiger partial charge in [-0.25, -0.2) is 0 Å². The van der Waals surface area contributed by atoms with Gasteiger partial charge in [-0.05, 0) is 31.2 Å². The molecule has 0 aliphatic rings. The van der Waals surface area contributed by atoms with E-state index in [0.29, 0.717) is 0 Å². The van der Waals surface area contributed by atoms with Gasteiger partial charge in [-0.15, -0.1) is 11.3 Å². The van der Waals surface area contributed by atoms with Crippen LogP contribution in [0, 0.1) is 11.3 Å². The fourth-order valence-electron chi connectivity index (χ4n) is 1.74. The van der Waals surface area contributed by atoms with E-state index in [4.69, 9.17) is 5.11 Å². The topological polar surface area (TPSA) is 66.4 Å². The highest BCUT2D eigenvalue weighted by atomic mass is 32.1. The molecule has 2 N–H and O–H groups in total. The second kappa shape index (κ2) is 6.19. The zero-order chi connectivity index (χ0) is 14.6. The second-order valence-corrected chi connectivity index (χ2v) is 6.65. The van der Waals surface area contributed by atoms with Crippen LogP contribution >= 0.6 is 11.3 Å². The van der Waals surface area contributed by atoms with E-state index >= 15 is 0 Å². The molecular formula is C14H21NO3S. The predicted octanol–water partition coefficient (Wildman–Crippen LogP) is 3.06. The molecule has 0 spiro atoms. The maximum atomic E-state index is 12.0. The average molecular weight is 283 g/mol. The van der Waals surface area contributed by atoms with Crippen molar-refractivity contribution in [2.45, 2.75) is 40.2 Å². The van der Waals surface area contributed by atoms with Crippen molar-refractivity contribution in [2.75, 3.05) is 0 Å². The molecule has 0 bridgehead atoms.